The van der Waals surface area contributed by atoms with Gasteiger partial charge in [-0.25, -0.2) is 5.48 Å². The zero-order valence-electron chi connectivity index (χ0n) is 16.1. The predicted octanol–water partition coefficient (Wildman–Crippen LogP) is 1.78. The van der Waals surface area contributed by atoms with Crippen molar-refractivity contribution in [1.29, 1.82) is 0 Å². The molecule has 2 amide bonds. The van der Waals surface area contributed by atoms with Crippen molar-refractivity contribution in [2.24, 2.45) is 11.3 Å². The largest absolute Gasteiger partial charge is 0.340 e. The number of nitrogens with zero attached hydrogens (tertiary/aromatic N) is 2. The molecule has 2 aliphatic heterocycles. The summed E-state index contributed by atoms with van der Waals surface area (Å²) in [6, 6.07) is 9.83. The van der Waals surface area contributed by atoms with E-state index < -0.39 is 17.9 Å². The van der Waals surface area contributed by atoms with Crippen LogP contribution in [0, 0.1) is 11.3 Å². The molecule has 27 heavy (non-hydrogen) atoms. The van der Waals surface area contributed by atoms with Gasteiger partial charge < -0.3 is 4.90 Å². The van der Waals surface area contributed by atoms with Gasteiger partial charge in [0.2, 0.25) is 11.8 Å². The van der Waals surface area contributed by atoms with E-state index in [9.17, 15) is 14.8 Å². The maximum atomic E-state index is 13.4. The minimum atomic E-state index is -0.499. The molecule has 2 saturated heterocycles. The second kappa shape index (κ2) is 6.60. The third kappa shape index (κ3) is 3.25. The first-order valence-electron chi connectivity index (χ1n) is 9.86. The highest BCUT2D eigenvalue weighted by atomic mass is 16.5. The molecule has 3 aliphatic rings. The average Bonchev–Trinajstić information content (AvgIpc) is 3.28. The van der Waals surface area contributed by atoms with Gasteiger partial charge in [-0.05, 0) is 43.7 Å². The summed E-state index contributed by atoms with van der Waals surface area (Å²) in [6.45, 7) is 4.42. The maximum Gasteiger partial charge on any atom is 0.248 e. The summed E-state index contributed by atoms with van der Waals surface area (Å²) in [7, 11) is 1.94. The van der Waals surface area contributed by atoms with Crippen LogP contribution in [0.5, 0.6) is 0 Å². The van der Waals surface area contributed by atoms with Crippen LogP contribution in [0.4, 0.5) is 0 Å². The molecule has 1 spiro atoms. The summed E-state index contributed by atoms with van der Waals surface area (Å²) in [4.78, 5) is 29.7. The molecule has 0 aromatic heterocycles. The van der Waals surface area contributed by atoms with Crippen molar-refractivity contribution < 1.29 is 14.8 Å². The highest BCUT2D eigenvalue weighted by Crippen LogP contribution is 2.54. The Kier molecular flexibility index (Phi) is 4.51. The molecule has 6 nitrogen and oxygen atoms in total. The Balaban J connectivity index is 1.53. The summed E-state index contributed by atoms with van der Waals surface area (Å²) in [5.41, 5.74) is 3.15. The van der Waals surface area contributed by atoms with E-state index in [4.69, 9.17) is 0 Å². The molecule has 3 fully saturated rings. The molecule has 4 rings (SSSR count). The van der Waals surface area contributed by atoms with Crippen LogP contribution < -0.4 is 5.48 Å². The number of amides is 2. The molecular weight excluding hydrogens is 342 g/mol. The minimum Gasteiger partial charge on any atom is -0.340 e. The number of carbonyl (C=O) groups excluding carboxylic acids is 2. The van der Waals surface area contributed by atoms with Crippen molar-refractivity contribution in [2.45, 2.75) is 44.1 Å². The smallest absolute Gasteiger partial charge is 0.248 e. The number of piperidine rings is 1. The normalized spacial score (nSPS) is 32.5. The number of hydrogen-bond acceptors (Lipinski definition) is 4. The van der Waals surface area contributed by atoms with Gasteiger partial charge in [0.1, 0.15) is 6.04 Å². The maximum absolute atomic E-state index is 13.4. The molecule has 0 bridgehead atoms. The second-order valence-corrected chi connectivity index (χ2v) is 9.08. The molecule has 2 N–H and O–H groups in total. The number of likely N-dealkylation sites (tertiary alicyclic amines) is 2. The predicted molar refractivity (Wildman–Crippen MR) is 101 cm³/mol. The fraction of sp³-hybridized carbons (Fsp3) is 0.619. The van der Waals surface area contributed by atoms with Crippen molar-refractivity contribution in [1.82, 2.24) is 15.3 Å². The molecule has 6 heteroatoms. The second-order valence-electron chi connectivity index (χ2n) is 9.08. The van der Waals surface area contributed by atoms with Gasteiger partial charge in [0, 0.05) is 25.0 Å². The van der Waals surface area contributed by atoms with E-state index in [1.54, 1.807) is 5.48 Å². The van der Waals surface area contributed by atoms with Crippen LogP contribution in [0.15, 0.2) is 30.3 Å². The highest BCUT2D eigenvalue weighted by molar-refractivity contribution is 5.90. The van der Waals surface area contributed by atoms with Crippen molar-refractivity contribution >= 4 is 11.8 Å². The molecular formula is C21H29N3O3. The van der Waals surface area contributed by atoms with Gasteiger partial charge in [-0.2, -0.15) is 0 Å². The average molecular weight is 371 g/mol. The number of carbonyl (C=O) groups is 2. The van der Waals surface area contributed by atoms with Gasteiger partial charge in [-0.3, -0.25) is 19.7 Å². The zero-order chi connectivity index (χ0) is 19.2. The topological polar surface area (TPSA) is 72.9 Å². The van der Waals surface area contributed by atoms with Gasteiger partial charge in [0.15, 0.2) is 0 Å². The van der Waals surface area contributed by atoms with Crippen LogP contribution in [0.25, 0.3) is 0 Å². The van der Waals surface area contributed by atoms with Crippen LogP contribution >= 0.6 is 0 Å². The molecule has 3 atom stereocenters. The van der Waals surface area contributed by atoms with Crippen molar-refractivity contribution in [3.8, 4) is 0 Å². The Bertz CT molecular complexity index is 733. The summed E-state index contributed by atoms with van der Waals surface area (Å²) in [5.74, 6) is -0.912. The Labute approximate surface area is 160 Å². The number of nitrogens with one attached hydrogen (secondary N) is 1. The summed E-state index contributed by atoms with van der Waals surface area (Å²) >= 11 is 0. The Hall–Kier alpha value is -1.92. The minimum absolute atomic E-state index is 0.0151. The molecule has 2 heterocycles. The number of likely N-dealkylation sites (N-methyl/N-ethyl adjacent to an activating group) is 1. The monoisotopic (exact) mass is 371 g/mol. The van der Waals surface area contributed by atoms with E-state index in [1.807, 2.05) is 35.0 Å². The SMILES string of the molecule is CN1CC2(CC2)C[C@H](C(=O)NO)[C@H]1C(=O)N1CCC(C)(c2ccccc2)C1. The lowest BCUT2D eigenvalue weighted by molar-refractivity contribution is -0.150. The first-order valence-corrected chi connectivity index (χ1v) is 9.86. The Morgan fingerprint density at radius 3 is 2.48 bits per heavy atom. The van der Waals surface area contributed by atoms with Crippen molar-refractivity contribution in [3.63, 3.8) is 0 Å². The molecule has 1 saturated carbocycles. The molecule has 1 aliphatic carbocycles. The van der Waals surface area contributed by atoms with Crippen LogP contribution in [0.1, 0.15) is 38.2 Å². The van der Waals surface area contributed by atoms with Gasteiger partial charge in [0.25, 0.3) is 0 Å². The fourth-order valence-electron chi connectivity index (χ4n) is 5.21. The lowest BCUT2D eigenvalue weighted by atomic mass is 9.80. The van der Waals surface area contributed by atoms with Gasteiger partial charge in [-0.1, -0.05) is 37.3 Å². The standard InChI is InChI=1S/C21H29N3O3/c1-20(15-6-4-3-5-7-15)10-11-24(13-20)19(26)17-16(18(25)22-27)12-21(8-9-21)14-23(17)2/h3-7,16-17,27H,8-14H2,1-2H3,(H,22,25)/t16-,17-,20?/m0/s1. The summed E-state index contributed by atoms with van der Waals surface area (Å²) < 4.78 is 0. The lowest BCUT2D eigenvalue weighted by Gasteiger charge is -2.43. The van der Waals surface area contributed by atoms with Gasteiger partial charge in [0.05, 0.1) is 5.92 Å². The summed E-state index contributed by atoms with van der Waals surface area (Å²) in [5, 5.41) is 9.22. The van der Waals surface area contributed by atoms with E-state index in [0.29, 0.717) is 19.5 Å². The van der Waals surface area contributed by atoms with Crippen LogP contribution in [-0.2, 0) is 15.0 Å². The first kappa shape index (κ1) is 18.4. The number of benzene rings is 1. The first-order chi connectivity index (χ1) is 12.9. The van der Waals surface area contributed by atoms with Crippen LogP contribution in [-0.4, -0.2) is 59.5 Å². The quantitative estimate of drug-likeness (QED) is 0.628. The number of hydrogen-bond donors (Lipinski definition) is 2. The third-order valence-corrected chi connectivity index (χ3v) is 7.01. The Morgan fingerprint density at radius 2 is 1.85 bits per heavy atom. The van der Waals surface area contributed by atoms with Crippen LogP contribution in [0.2, 0.25) is 0 Å². The van der Waals surface area contributed by atoms with E-state index in [1.165, 1.54) is 5.56 Å². The van der Waals surface area contributed by atoms with E-state index >= 15 is 0 Å². The Morgan fingerprint density at radius 1 is 1.15 bits per heavy atom. The van der Waals surface area contributed by atoms with Crippen molar-refractivity contribution in [2.75, 3.05) is 26.7 Å². The van der Waals surface area contributed by atoms with Crippen molar-refractivity contribution in [3.05, 3.63) is 35.9 Å². The van der Waals surface area contributed by atoms with E-state index in [0.717, 1.165) is 25.8 Å². The van der Waals surface area contributed by atoms with Gasteiger partial charge >= 0.3 is 0 Å². The molecule has 146 valence electrons. The fourth-order valence-corrected chi connectivity index (χ4v) is 5.21. The molecule has 1 aromatic carbocycles. The molecule has 0 radical (unpaired) electrons. The third-order valence-electron chi connectivity index (χ3n) is 7.01. The highest BCUT2D eigenvalue weighted by Gasteiger charge is 2.55. The van der Waals surface area contributed by atoms with Crippen LogP contribution in [0.3, 0.4) is 0 Å². The lowest BCUT2D eigenvalue weighted by Crippen LogP contribution is -2.59. The van der Waals surface area contributed by atoms with Gasteiger partial charge in [-0.15, -0.1) is 0 Å². The van der Waals surface area contributed by atoms with E-state index in [-0.39, 0.29) is 16.7 Å². The number of rotatable bonds is 3. The van der Waals surface area contributed by atoms with E-state index in [2.05, 4.69) is 19.1 Å². The summed E-state index contributed by atoms with van der Waals surface area (Å²) in [6.07, 6.45) is 3.80. The zero-order valence-corrected chi connectivity index (χ0v) is 16.1. The number of hydroxylamine groups is 1. The molecule has 1 aromatic rings. The molecule has 1 unspecified atom stereocenters.